The zero-order valence-electron chi connectivity index (χ0n) is 15.6. The van der Waals surface area contributed by atoms with Crippen LogP contribution in [-0.4, -0.2) is 42.2 Å². The van der Waals surface area contributed by atoms with Crippen molar-refractivity contribution in [1.29, 1.82) is 0 Å². The second-order valence-electron chi connectivity index (χ2n) is 6.34. The molecule has 4 N–H and O–H groups in total. The molecule has 2 amide bonds. The smallest absolute Gasteiger partial charge is 0.247 e. The van der Waals surface area contributed by atoms with Crippen LogP contribution in [0.3, 0.4) is 0 Å². The molecule has 2 aromatic carbocycles. The average Bonchev–Trinajstić information content (AvgIpc) is 3.14. The number of ether oxygens (including phenoxy) is 1. The molecule has 0 fully saturated rings. The number of aromatic amines is 1. The maximum Gasteiger partial charge on any atom is 0.247 e. The second kappa shape index (κ2) is 9.05. The van der Waals surface area contributed by atoms with Crippen LogP contribution in [0, 0.1) is 0 Å². The Balaban J connectivity index is 1.67. The monoisotopic (exact) mass is 381 g/mol. The minimum absolute atomic E-state index is 0.328. The largest absolute Gasteiger partial charge is 0.497 e. The van der Waals surface area contributed by atoms with Crippen molar-refractivity contribution in [3.05, 3.63) is 65.9 Å². The third kappa shape index (κ3) is 4.50. The molecular formula is C21H23N3O4. The van der Waals surface area contributed by atoms with E-state index in [0.29, 0.717) is 18.5 Å². The molecule has 0 radical (unpaired) electrons. The van der Waals surface area contributed by atoms with E-state index in [1.807, 2.05) is 30.5 Å². The first kappa shape index (κ1) is 19.4. The van der Waals surface area contributed by atoms with Gasteiger partial charge in [-0.1, -0.05) is 30.3 Å². The van der Waals surface area contributed by atoms with E-state index in [1.165, 1.54) is 0 Å². The van der Waals surface area contributed by atoms with Gasteiger partial charge in [-0.2, -0.15) is 0 Å². The summed E-state index contributed by atoms with van der Waals surface area (Å²) in [5.41, 5.74) is 2.71. The first-order valence-electron chi connectivity index (χ1n) is 8.99. The lowest BCUT2D eigenvalue weighted by Crippen LogP contribution is -2.41. The highest BCUT2D eigenvalue weighted by molar-refractivity contribution is 5.89. The number of H-pyrrole nitrogens is 1. The SMILES string of the molecule is COc1ccc2[nH]cc(CCNC(=O)[C@H](NC(=O)CO)c3ccccc3)c2c1. The molecule has 1 heterocycles. The van der Waals surface area contributed by atoms with Crippen LogP contribution in [0.2, 0.25) is 0 Å². The zero-order chi connectivity index (χ0) is 19.9. The summed E-state index contributed by atoms with van der Waals surface area (Å²) in [5.74, 6) is -0.161. The van der Waals surface area contributed by atoms with E-state index in [-0.39, 0.29) is 5.91 Å². The molecule has 0 aliphatic rings. The number of amides is 2. The fourth-order valence-corrected chi connectivity index (χ4v) is 3.07. The number of rotatable bonds is 8. The highest BCUT2D eigenvalue weighted by Crippen LogP contribution is 2.23. The molecule has 1 aromatic heterocycles. The van der Waals surface area contributed by atoms with E-state index in [9.17, 15) is 9.59 Å². The van der Waals surface area contributed by atoms with Crippen molar-refractivity contribution >= 4 is 22.7 Å². The lowest BCUT2D eigenvalue weighted by atomic mass is 10.1. The maximum absolute atomic E-state index is 12.7. The predicted octanol–water partition coefficient (Wildman–Crippen LogP) is 1.68. The molecule has 0 aliphatic carbocycles. The maximum atomic E-state index is 12.7. The van der Waals surface area contributed by atoms with E-state index in [0.717, 1.165) is 22.2 Å². The van der Waals surface area contributed by atoms with Crippen LogP contribution in [0.4, 0.5) is 0 Å². The number of aliphatic hydroxyl groups is 1. The fourth-order valence-electron chi connectivity index (χ4n) is 3.07. The van der Waals surface area contributed by atoms with Gasteiger partial charge in [0.2, 0.25) is 11.8 Å². The molecular weight excluding hydrogens is 358 g/mol. The van der Waals surface area contributed by atoms with Gasteiger partial charge in [0.05, 0.1) is 7.11 Å². The van der Waals surface area contributed by atoms with Crippen LogP contribution < -0.4 is 15.4 Å². The summed E-state index contributed by atoms with van der Waals surface area (Å²) in [6.45, 7) is -0.269. The van der Waals surface area contributed by atoms with E-state index in [1.54, 1.807) is 31.4 Å². The van der Waals surface area contributed by atoms with E-state index in [4.69, 9.17) is 9.84 Å². The Morgan fingerprint density at radius 2 is 1.96 bits per heavy atom. The number of carbonyl (C=O) groups excluding carboxylic acids is 2. The van der Waals surface area contributed by atoms with Gasteiger partial charge in [-0.05, 0) is 35.7 Å². The molecule has 0 aliphatic heterocycles. The Kier molecular flexibility index (Phi) is 6.29. The van der Waals surface area contributed by atoms with Gasteiger partial charge in [-0.25, -0.2) is 0 Å². The van der Waals surface area contributed by atoms with Gasteiger partial charge in [-0.3, -0.25) is 9.59 Å². The summed E-state index contributed by atoms with van der Waals surface area (Å²) in [6, 6.07) is 13.9. The van der Waals surface area contributed by atoms with Gasteiger partial charge in [0.15, 0.2) is 0 Å². The third-order valence-corrected chi connectivity index (χ3v) is 4.51. The molecule has 0 spiro atoms. The van der Waals surface area contributed by atoms with Crippen LogP contribution in [0.1, 0.15) is 17.2 Å². The Morgan fingerprint density at radius 1 is 1.18 bits per heavy atom. The predicted molar refractivity (Wildman–Crippen MR) is 106 cm³/mol. The molecule has 1 atom stereocenters. The molecule has 0 unspecified atom stereocenters. The number of aliphatic hydroxyl groups excluding tert-OH is 1. The van der Waals surface area contributed by atoms with Crippen molar-refractivity contribution in [2.75, 3.05) is 20.3 Å². The number of benzene rings is 2. The molecule has 146 valence electrons. The van der Waals surface area contributed by atoms with Crippen molar-refractivity contribution in [2.45, 2.75) is 12.5 Å². The summed E-state index contributed by atoms with van der Waals surface area (Å²) in [6.07, 6.45) is 2.53. The van der Waals surface area contributed by atoms with Crippen molar-refractivity contribution < 1.29 is 19.4 Å². The number of hydrogen-bond donors (Lipinski definition) is 4. The van der Waals surface area contributed by atoms with Crippen molar-refractivity contribution in [2.24, 2.45) is 0 Å². The van der Waals surface area contributed by atoms with Gasteiger partial charge in [0.25, 0.3) is 0 Å². The van der Waals surface area contributed by atoms with Crippen LogP contribution in [0.25, 0.3) is 10.9 Å². The molecule has 0 saturated carbocycles. The Bertz CT molecular complexity index is 953. The highest BCUT2D eigenvalue weighted by Gasteiger charge is 2.22. The average molecular weight is 381 g/mol. The van der Waals surface area contributed by atoms with Gasteiger partial charge in [0.1, 0.15) is 18.4 Å². The third-order valence-electron chi connectivity index (χ3n) is 4.51. The first-order chi connectivity index (χ1) is 13.6. The second-order valence-corrected chi connectivity index (χ2v) is 6.34. The summed E-state index contributed by atoms with van der Waals surface area (Å²) < 4.78 is 5.27. The standard InChI is InChI=1S/C21H23N3O4/c1-28-16-7-8-18-17(11-16)15(12-23-18)9-10-22-21(27)20(24-19(26)13-25)14-5-3-2-4-6-14/h2-8,11-12,20,23,25H,9-10,13H2,1H3,(H,22,27)(H,24,26)/t20-/m1/s1. The molecule has 0 bridgehead atoms. The van der Waals surface area contributed by atoms with E-state index < -0.39 is 18.6 Å². The van der Waals surface area contributed by atoms with Crippen LogP contribution in [0.5, 0.6) is 5.75 Å². The molecule has 3 rings (SSSR count). The Hall–Kier alpha value is -3.32. The van der Waals surface area contributed by atoms with Crippen LogP contribution in [0.15, 0.2) is 54.7 Å². The van der Waals surface area contributed by atoms with Crippen LogP contribution in [-0.2, 0) is 16.0 Å². The van der Waals surface area contributed by atoms with E-state index in [2.05, 4.69) is 15.6 Å². The number of carbonyl (C=O) groups is 2. The minimum Gasteiger partial charge on any atom is -0.497 e. The van der Waals surface area contributed by atoms with Crippen molar-refractivity contribution in [1.82, 2.24) is 15.6 Å². The fraction of sp³-hybridized carbons (Fsp3) is 0.238. The van der Waals surface area contributed by atoms with Gasteiger partial charge in [-0.15, -0.1) is 0 Å². The van der Waals surface area contributed by atoms with E-state index >= 15 is 0 Å². The quantitative estimate of drug-likeness (QED) is 0.477. The Labute approximate surface area is 162 Å². The molecule has 0 saturated heterocycles. The summed E-state index contributed by atoms with van der Waals surface area (Å²) in [5, 5.41) is 15.5. The minimum atomic E-state index is -0.857. The summed E-state index contributed by atoms with van der Waals surface area (Å²) in [4.78, 5) is 27.5. The topological polar surface area (TPSA) is 103 Å². The molecule has 3 aromatic rings. The molecule has 28 heavy (non-hydrogen) atoms. The molecule has 7 heteroatoms. The van der Waals surface area contributed by atoms with Gasteiger partial charge < -0.3 is 25.5 Å². The summed E-state index contributed by atoms with van der Waals surface area (Å²) >= 11 is 0. The highest BCUT2D eigenvalue weighted by atomic mass is 16.5. The first-order valence-corrected chi connectivity index (χ1v) is 8.99. The molecule has 7 nitrogen and oxygen atoms in total. The summed E-state index contributed by atoms with van der Waals surface area (Å²) in [7, 11) is 1.62. The number of aromatic nitrogens is 1. The van der Waals surface area contributed by atoms with Gasteiger partial charge in [0, 0.05) is 23.6 Å². The number of methoxy groups -OCH3 is 1. The van der Waals surface area contributed by atoms with Crippen molar-refractivity contribution in [3.63, 3.8) is 0 Å². The normalized spacial score (nSPS) is 11.8. The number of nitrogens with one attached hydrogen (secondary N) is 3. The van der Waals surface area contributed by atoms with Crippen molar-refractivity contribution in [3.8, 4) is 5.75 Å². The van der Waals surface area contributed by atoms with Gasteiger partial charge >= 0.3 is 0 Å². The number of hydrogen-bond acceptors (Lipinski definition) is 4. The number of fused-ring (bicyclic) bond motifs is 1. The van der Waals surface area contributed by atoms with Crippen LogP contribution >= 0.6 is 0 Å². The zero-order valence-corrected chi connectivity index (χ0v) is 15.6. The lowest BCUT2D eigenvalue weighted by Gasteiger charge is -2.18. The lowest BCUT2D eigenvalue weighted by molar-refractivity contribution is -0.130. The Morgan fingerprint density at radius 3 is 2.68 bits per heavy atom.